The predicted octanol–water partition coefficient (Wildman–Crippen LogP) is 2.42. The third-order valence-electron chi connectivity index (χ3n) is 2.13. The molecule has 1 aromatic heterocycles. The lowest BCUT2D eigenvalue weighted by molar-refractivity contribution is -0.0498. The summed E-state index contributed by atoms with van der Waals surface area (Å²) in [5, 5.41) is 5.62. The molecule has 4 nitrogen and oxygen atoms in total. The molecule has 0 radical (unpaired) electrons. The van der Waals surface area contributed by atoms with E-state index in [0.717, 1.165) is 29.2 Å². The van der Waals surface area contributed by atoms with E-state index in [-0.39, 0.29) is 28.9 Å². The zero-order valence-electron chi connectivity index (χ0n) is 10.7. The molecule has 110 valence electrons. The predicted molar refractivity (Wildman–Crippen MR) is 73.8 cm³/mol. The number of thiophene rings is 1. The maximum atomic E-state index is 12.2. The lowest BCUT2D eigenvalue weighted by Gasteiger charge is -2.06. The van der Waals surface area contributed by atoms with Crippen molar-refractivity contribution >= 4 is 29.7 Å². The average Bonchev–Trinajstić information content (AvgIpc) is 2.64. The van der Waals surface area contributed by atoms with Crippen LogP contribution in [0.15, 0.2) is 6.07 Å². The lowest BCUT2D eigenvalue weighted by atomic mass is 10.3. The summed E-state index contributed by atoms with van der Waals surface area (Å²) in [4.78, 5) is 12.7. The monoisotopic (exact) mass is 314 g/mol. The topological polar surface area (TPSA) is 50.4 Å². The fraction of sp³-hybridized carbons (Fsp3) is 0.545. The van der Waals surface area contributed by atoms with Gasteiger partial charge in [0, 0.05) is 11.4 Å². The molecule has 0 aliphatic heterocycles. The van der Waals surface area contributed by atoms with Crippen molar-refractivity contribution in [2.45, 2.75) is 20.0 Å². The first-order chi connectivity index (χ1) is 8.54. The van der Waals surface area contributed by atoms with Gasteiger partial charge in [0.05, 0.1) is 0 Å². The second-order valence-electron chi connectivity index (χ2n) is 3.64. The van der Waals surface area contributed by atoms with Crippen LogP contribution in [0.4, 0.5) is 8.78 Å². The van der Waals surface area contributed by atoms with Gasteiger partial charge in [0.1, 0.15) is 10.6 Å². The lowest BCUT2D eigenvalue weighted by Crippen LogP contribution is -2.26. The van der Waals surface area contributed by atoms with E-state index in [2.05, 4.69) is 15.4 Å². The van der Waals surface area contributed by atoms with Crippen molar-refractivity contribution in [3.63, 3.8) is 0 Å². The molecule has 0 saturated carbocycles. The normalized spacial score (nSPS) is 10.2. The van der Waals surface area contributed by atoms with Gasteiger partial charge in [-0.3, -0.25) is 4.79 Å². The molecular weight excluding hydrogens is 298 g/mol. The summed E-state index contributed by atoms with van der Waals surface area (Å²) in [5.41, 5.74) is 0. The van der Waals surface area contributed by atoms with Crippen molar-refractivity contribution in [1.82, 2.24) is 10.6 Å². The first-order valence-corrected chi connectivity index (χ1v) is 6.34. The van der Waals surface area contributed by atoms with Crippen molar-refractivity contribution in [2.24, 2.45) is 0 Å². The van der Waals surface area contributed by atoms with Gasteiger partial charge >= 0.3 is 6.61 Å². The molecule has 1 heterocycles. The summed E-state index contributed by atoms with van der Waals surface area (Å²) in [6.45, 7) is 0.0881. The molecule has 0 saturated heterocycles. The van der Waals surface area contributed by atoms with E-state index in [0.29, 0.717) is 6.54 Å². The van der Waals surface area contributed by atoms with Crippen LogP contribution in [0, 0.1) is 6.92 Å². The Morgan fingerprint density at radius 3 is 2.74 bits per heavy atom. The van der Waals surface area contributed by atoms with Crippen LogP contribution < -0.4 is 15.4 Å². The molecule has 0 aliphatic carbocycles. The molecule has 1 aromatic rings. The maximum absolute atomic E-state index is 12.2. The van der Waals surface area contributed by atoms with Gasteiger partial charge in [-0.05, 0) is 33.0 Å². The molecule has 0 spiro atoms. The van der Waals surface area contributed by atoms with E-state index >= 15 is 0 Å². The maximum Gasteiger partial charge on any atom is 0.387 e. The van der Waals surface area contributed by atoms with Crippen LogP contribution in [-0.4, -0.2) is 32.7 Å². The number of alkyl halides is 2. The SMILES string of the molecule is CNCCCNC(=O)c1sc(C)cc1OC(F)F.Cl. The zero-order valence-corrected chi connectivity index (χ0v) is 12.3. The first kappa shape index (κ1) is 18.1. The molecule has 0 fully saturated rings. The molecule has 19 heavy (non-hydrogen) atoms. The highest BCUT2D eigenvalue weighted by molar-refractivity contribution is 7.14. The van der Waals surface area contributed by atoms with E-state index in [4.69, 9.17) is 0 Å². The summed E-state index contributed by atoms with van der Waals surface area (Å²) in [6.07, 6.45) is 0.775. The van der Waals surface area contributed by atoms with Crippen LogP contribution in [0.3, 0.4) is 0 Å². The largest absolute Gasteiger partial charge is 0.433 e. The van der Waals surface area contributed by atoms with Crippen molar-refractivity contribution in [1.29, 1.82) is 0 Å². The van der Waals surface area contributed by atoms with Crippen LogP contribution in [0.1, 0.15) is 21.0 Å². The minimum atomic E-state index is -2.92. The number of aryl methyl sites for hydroxylation is 1. The third kappa shape index (κ3) is 6.17. The number of amides is 1. The number of hydrogen-bond donors (Lipinski definition) is 2. The standard InChI is InChI=1S/C11H16F2N2O2S.ClH/c1-7-6-8(17-11(12)13)9(18-7)10(16)15-5-3-4-14-2;/h6,11,14H,3-5H2,1-2H3,(H,15,16);1H. The Morgan fingerprint density at radius 1 is 1.47 bits per heavy atom. The molecule has 1 amide bonds. The van der Waals surface area contributed by atoms with Crippen LogP contribution in [-0.2, 0) is 0 Å². The third-order valence-corrected chi connectivity index (χ3v) is 3.16. The number of halogens is 3. The highest BCUT2D eigenvalue weighted by Gasteiger charge is 2.18. The number of ether oxygens (including phenoxy) is 1. The Hall–Kier alpha value is -0.920. The Labute approximate surface area is 120 Å². The van der Waals surface area contributed by atoms with Crippen LogP contribution in [0.25, 0.3) is 0 Å². The number of carbonyl (C=O) groups is 1. The van der Waals surface area contributed by atoms with Gasteiger partial charge in [-0.2, -0.15) is 8.78 Å². The van der Waals surface area contributed by atoms with E-state index in [1.165, 1.54) is 6.07 Å². The zero-order chi connectivity index (χ0) is 13.5. The summed E-state index contributed by atoms with van der Waals surface area (Å²) in [6, 6.07) is 1.44. The Bertz CT molecular complexity index is 402. The van der Waals surface area contributed by atoms with Crippen LogP contribution in [0.5, 0.6) is 5.75 Å². The fourth-order valence-electron chi connectivity index (χ4n) is 1.38. The van der Waals surface area contributed by atoms with E-state index in [1.54, 1.807) is 6.92 Å². The molecule has 8 heteroatoms. The second kappa shape index (κ2) is 9.06. The van der Waals surface area contributed by atoms with Crippen LogP contribution in [0.2, 0.25) is 0 Å². The quantitative estimate of drug-likeness (QED) is 0.760. The van der Waals surface area contributed by atoms with Crippen molar-refractivity contribution in [3.05, 3.63) is 15.8 Å². The summed E-state index contributed by atoms with van der Waals surface area (Å²) in [7, 11) is 1.82. The summed E-state index contributed by atoms with van der Waals surface area (Å²) >= 11 is 1.14. The fourth-order valence-corrected chi connectivity index (χ4v) is 2.24. The minimum Gasteiger partial charge on any atom is -0.433 e. The highest BCUT2D eigenvalue weighted by Crippen LogP contribution is 2.29. The smallest absolute Gasteiger partial charge is 0.387 e. The Balaban J connectivity index is 0.00000324. The second-order valence-corrected chi connectivity index (χ2v) is 4.90. The van der Waals surface area contributed by atoms with Crippen LogP contribution >= 0.6 is 23.7 Å². The number of rotatable bonds is 7. The van der Waals surface area contributed by atoms with Gasteiger partial charge in [-0.1, -0.05) is 0 Å². The average molecular weight is 315 g/mol. The van der Waals surface area contributed by atoms with Crippen molar-refractivity contribution < 1.29 is 18.3 Å². The molecule has 0 bridgehead atoms. The molecule has 1 rings (SSSR count). The van der Waals surface area contributed by atoms with Gasteiger partial charge in [-0.25, -0.2) is 0 Å². The Morgan fingerprint density at radius 2 is 2.16 bits per heavy atom. The minimum absolute atomic E-state index is 0. The summed E-state index contributed by atoms with van der Waals surface area (Å²) in [5.74, 6) is -0.432. The van der Waals surface area contributed by atoms with Gasteiger partial charge < -0.3 is 15.4 Å². The molecular formula is C11H17ClF2N2O2S. The Kier molecular flexibility index (Phi) is 8.62. The van der Waals surface area contributed by atoms with Gasteiger partial charge in [0.25, 0.3) is 5.91 Å². The molecule has 0 aromatic carbocycles. The van der Waals surface area contributed by atoms with E-state index in [1.807, 2.05) is 7.05 Å². The van der Waals surface area contributed by atoms with E-state index < -0.39 is 6.61 Å². The molecule has 2 N–H and O–H groups in total. The summed E-state index contributed by atoms with van der Waals surface area (Å²) < 4.78 is 28.7. The number of hydrogen-bond acceptors (Lipinski definition) is 4. The van der Waals surface area contributed by atoms with E-state index in [9.17, 15) is 13.6 Å². The van der Waals surface area contributed by atoms with Gasteiger partial charge in [0.2, 0.25) is 0 Å². The molecule has 0 atom stereocenters. The first-order valence-electron chi connectivity index (χ1n) is 5.52. The highest BCUT2D eigenvalue weighted by atomic mass is 35.5. The molecule has 0 aliphatic rings. The van der Waals surface area contributed by atoms with Crippen molar-refractivity contribution in [3.8, 4) is 5.75 Å². The molecule has 0 unspecified atom stereocenters. The van der Waals surface area contributed by atoms with Gasteiger partial charge in [0.15, 0.2) is 0 Å². The number of carbonyl (C=O) groups excluding carboxylic acids is 1. The number of nitrogens with one attached hydrogen (secondary N) is 2. The van der Waals surface area contributed by atoms with Gasteiger partial charge in [-0.15, -0.1) is 23.7 Å². The van der Waals surface area contributed by atoms with Crippen molar-refractivity contribution in [2.75, 3.05) is 20.1 Å².